The SMILES string of the molecule is O=C1CCC(N2Cc3cc(CN4CCN[C@H]5CS(=O)(=O)C[C@H]54)ccc3C2=O)C(=O)N1. The summed E-state index contributed by atoms with van der Waals surface area (Å²) in [6.07, 6.45) is 0.575. The Morgan fingerprint density at radius 3 is 2.77 bits per heavy atom. The van der Waals surface area contributed by atoms with E-state index in [-0.39, 0.29) is 41.8 Å². The van der Waals surface area contributed by atoms with E-state index in [0.717, 1.165) is 24.2 Å². The normalized spacial score (nSPS) is 30.9. The van der Waals surface area contributed by atoms with Crippen LogP contribution in [0.5, 0.6) is 0 Å². The summed E-state index contributed by atoms with van der Waals surface area (Å²) in [6, 6.07) is 5.01. The molecular formula is C20H24N4O5S. The van der Waals surface area contributed by atoms with Crippen molar-refractivity contribution in [2.24, 2.45) is 0 Å². The number of piperazine rings is 1. The minimum absolute atomic E-state index is 0.0252. The Morgan fingerprint density at radius 2 is 1.97 bits per heavy atom. The van der Waals surface area contributed by atoms with Gasteiger partial charge >= 0.3 is 0 Å². The number of nitrogens with one attached hydrogen (secondary N) is 2. The first-order chi connectivity index (χ1) is 14.3. The molecule has 0 aromatic heterocycles. The number of carbonyl (C=O) groups is 3. The lowest BCUT2D eigenvalue weighted by Gasteiger charge is -2.37. The standard InChI is InChI=1S/C20H24N4O5S/c25-18-4-3-16(19(26)22-18)24-9-13-7-12(1-2-14(13)20(24)27)8-23-6-5-21-15-10-30(28,29)11-17(15)23/h1-2,7,15-17,21H,3-6,8-11H2,(H,22,25,26)/t15-,16?,17+/m0/s1. The van der Waals surface area contributed by atoms with E-state index in [9.17, 15) is 22.8 Å². The first kappa shape index (κ1) is 19.7. The van der Waals surface area contributed by atoms with Gasteiger partial charge in [-0.25, -0.2) is 8.42 Å². The molecule has 9 nitrogen and oxygen atoms in total. The van der Waals surface area contributed by atoms with Gasteiger partial charge in [-0.2, -0.15) is 0 Å². The monoisotopic (exact) mass is 432 g/mol. The average molecular weight is 433 g/mol. The van der Waals surface area contributed by atoms with Gasteiger partial charge in [0.1, 0.15) is 6.04 Å². The largest absolute Gasteiger partial charge is 0.322 e. The Labute approximate surface area is 174 Å². The predicted molar refractivity (Wildman–Crippen MR) is 107 cm³/mol. The molecule has 0 spiro atoms. The molecule has 5 rings (SSSR count). The second-order valence-electron chi connectivity index (χ2n) is 8.57. The highest BCUT2D eigenvalue weighted by Gasteiger charge is 2.43. The van der Waals surface area contributed by atoms with Crippen molar-refractivity contribution < 1.29 is 22.8 Å². The third-order valence-electron chi connectivity index (χ3n) is 6.57. The second kappa shape index (κ2) is 7.14. The highest BCUT2D eigenvalue weighted by atomic mass is 32.2. The van der Waals surface area contributed by atoms with E-state index in [4.69, 9.17) is 0 Å². The van der Waals surface area contributed by atoms with Crippen LogP contribution in [-0.2, 0) is 32.5 Å². The molecule has 1 aromatic rings. The number of piperidine rings is 1. The van der Waals surface area contributed by atoms with Crippen LogP contribution in [0.1, 0.15) is 34.3 Å². The molecule has 160 valence electrons. The molecule has 3 fully saturated rings. The molecule has 0 aliphatic carbocycles. The van der Waals surface area contributed by atoms with Gasteiger partial charge in [-0.15, -0.1) is 0 Å². The Bertz CT molecular complexity index is 1040. The van der Waals surface area contributed by atoms with Crippen LogP contribution in [0, 0.1) is 0 Å². The van der Waals surface area contributed by atoms with Crippen molar-refractivity contribution in [1.82, 2.24) is 20.4 Å². The van der Waals surface area contributed by atoms with Gasteiger partial charge in [0, 0.05) is 50.2 Å². The van der Waals surface area contributed by atoms with Crippen molar-refractivity contribution in [3.63, 3.8) is 0 Å². The lowest BCUT2D eigenvalue weighted by molar-refractivity contribution is -0.136. The number of rotatable bonds is 3. The topological polar surface area (TPSA) is 116 Å². The fraction of sp³-hybridized carbons (Fsp3) is 0.550. The van der Waals surface area contributed by atoms with Gasteiger partial charge in [0.25, 0.3) is 5.91 Å². The van der Waals surface area contributed by atoms with Crippen molar-refractivity contribution in [3.05, 3.63) is 34.9 Å². The van der Waals surface area contributed by atoms with Crippen LogP contribution < -0.4 is 10.6 Å². The lowest BCUT2D eigenvalue weighted by Crippen LogP contribution is -2.56. The first-order valence-electron chi connectivity index (χ1n) is 10.2. The second-order valence-corrected chi connectivity index (χ2v) is 10.7. The smallest absolute Gasteiger partial charge is 0.255 e. The summed E-state index contributed by atoms with van der Waals surface area (Å²) in [5, 5.41) is 5.63. The fourth-order valence-corrected chi connectivity index (χ4v) is 7.09. The summed E-state index contributed by atoms with van der Waals surface area (Å²) in [7, 11) is -3.02. The highest BCUT2D eigenvalue weighted by Crippen LogP contribution is 2.29. The van der Waals surface area contributed by atoms with Crippen LogP contribution in [-0.4, -0.2) is 78.7 Å². The molecule has 3 amide bonds. The van der Waals surface area contributed by atoms with E-state index in [2.05, 4.69) is 15.5 Å². The molecule has 4 aliphatic heterocycles. The maximum Gasteiger partial charge on any atom is 0.255 e. The fourth-order valence-electron chi connectivity index (χ4n) is 5.10. The zero-order valence-corrected chi connectivity index (χ0v) is 17.3. The zero-order valence-electron chi connectivity index (χ0n) is 16.5. The number of amides is 3. The van der Waals surface area contributed by atoms with Gasteiger partial charge < -0.3 is 10.2 Å². The number of imide groups is 1. The molecule has 0 radical (unpaired) electrons. The Balaban J connectivity index is 1.32. The molecule has 0 saturated carbocycles. The quantitative estimate of drug-likeness (QED) is 0.590. The maximum absolute atomic E-state index is 12.8. The highest BCUT2D eigenvalue weighted by molar-refractivity contribution is 7.91. The summed E-state index contributed by atoms with van der Waals surface area (Å²) in [6.45, 7) is 2.49. The van der Waals surface area contributed by atoms with Crippen LogP contribution in [0.3, 0.4) is 0 Å². The van der Waals surface area contributed by atoms with E-state index in [1.165, 1.54) is 0 Å². The number of carbonyl (C=O) groups excluding carboxylic acids is 3. The molecular weight excluding hydrogens is 408 g/mol. The van der Waals surface area contributed by atoms with Gasteiger partial charge in [-0.1, -0.05) is 12.1 Å². The van der Waals surface area contributed by atoms with Crippen molar-refractivity contribution >= 4 is 27.6 Å². The molecule has 4 aliphatic rings. The molecule has 3 saturated heterocycles. The number of hydrogen-bond acceptors (Lipinski definition) is 7. The Morgan fingerprint density at radius 1 is 1.13 bits per heavy atom. The van der Waals surface area contributed by atoms with Crippen LogP contribution in [0.15, 0.2) is 18.2 Å². The van der Waals surface area contributed by atoms with Gasteiger partial charge in [0.2, 0.25) is 11.8 Å². The van der Waals surface area contributed by atoms with Crippen molar-refractivity contribution in [2.45, 2.75) is 44.1 Å². The molecule has 1 aromatic carbocycles. The number of fused-ring (bicyclic) bond motifs is 2. The van der Waals surface area contributed by atoms with Crippen molar-refractivity contribution in [1.29, 1.82) is 0 Å². The van der Waals surface area contributed by atoms with E-state index in [0.29, 0.717) is 25.1 Å². The molecule has 4 heterocycles. The van der Waals surface area contributed by atoms with Crippen LogP contribution >= 0.6 is 0 Å². The van der Waals surface area contributed by atoms with Crippen LogP contribution in [0.25, 0.3) is 0 Å². The maximum atomic E-state index is 12.8. The lowest BCUT2D eigenvalue weighted by atomic mass is 10.0. The number of hydrogen-bond donors (Lipinski definition) is 2. The summed E-state index contributed by atoms with van der Waals surface area (Å²) >= 11 is 0. The van der Waals surface area contributed by atoms with Gasteiger partial charge in [-0.3, -0.25) is 24.6 Å². The van der Waals surface area contributed by atoms with Crippen LogP contribution in [0.2, 0.25) is 0 Å². The van der Waals surface area contributed by atoms with Crippen LogP contribution in [0.4, 0.5) is 0 Å². The number of sulfone groups is 1. The minimum Gasteiger partial charge on any atom is -0.322 e. The summed E-state index contributed by atoms with van der Waals surface area (Å²) in [5.74, 6) is -0.534. The predicted octanol–water partition coefficient (Wildman–Crippen LogP) is -0.982. The third kappa shape index (κ3) is 3.42. The van der Waals surface area contributed by atoms with Gasteiger partial charge in [0.05, 0.1) is 11.5 Å². The van der Waals surface area contributed by atoms with E-state index in [1.807, 2.05) is 12.1 Å². The number of nitrogens with zero attached hydrogens (tertiary/aromatic N) is 2. The Kier molecular flexibility index (Phi) is 4.68. The molecule has 10 heteroatoms. The van der Waals surface area contributed by atoms with Crippen molar-refractivity contribution in [2.75, 3.05) is 24.6 Å². The van der Waals surface area contributed by atoms with Crippen molar-refractivity contribution in [3.8, 4) is 0 Å². The molecule has 0 bridgehead atoms. The zero-order chi connectivity index (χ0) is 21.0. The summed E-state index contributed by atoms with van der Waals surface area (Å²) < 4.78 is 24.1. The van der Waals surface area contributed by atoms with E-state index in [1.54, 1.807) is 11.0 Å². The average Bonchev–Trinajstić information content (AvgIpc) is 3.17. The minimum atomic E-state index is -3.02. The third-order valence-corrected chi connectivity index (χ3v) is 8.29. The Hall–Kier alpha value is -2.30. The number of benzene rings is 1. The van der Waals surface area contributed by atoms with E-state index >= 15 is 0 Å². The summed E-state index contributed by atoms with van der Waals surface area (Å²) in [5.41, 5.74) is 2.48. The molecule has 1 unspecified atom stereocenters. The molecule has 30 heavy (non-hydrogen) atoms. The molecule has 2 N–H and O–H groups in total. The summed E-state index contributed by atoms with van der Waals surface area (Å²) in [4.78, 5) is 40.2. The first-order valence-corrected chi connectivity index (χ1v) is 12.1. The van der Waals surface area contributed by atoms with E-state index < -0.39 is 21.8 Å². The van der Waals surface area contributed by atoms with Gasteiger partial charge in [0.15, 0.2) is 9.84 Å². The molecule has 3 atom stereocenters. The van der Waals surface area contributed by atoms with Gasteiger partial charge in [-0.05, 0) is 23.6 Å².